The van der Waals surface area contributed by atoms with Crippen LogP contribution in [0.1, 0.15) is 28.4 Å². The highest BCUT2D eigenvalue weighted by Crippen LogP contribution is 2.24. The molecule has 0 atom stereocenters. The fraction of sp³-hybridized carbons (Fsp3) is 0.391. The molecule has 29 heavy (non-hydrogen) atoms. The highest BCUT2D eigenvalue weighted by molar-refractivity contribution is 6.01. The molecule has 154 valence electrons. The third-order valence-corrected chi connectivity index (χ3v) is 5.35. The summed E-state index contributed by atoms with van der Waals surface area (Å²) in [6.07, 6.45) is 0. The van der Waals surface area contributed by atoms with E-state index in [-0.39, 0.29) is 5.91 Å². The van der Waals surface area contributed by atoms with Crippen molar-refractivity contribution < 1.29 is 14.3 Å². The summed E-state index contributed by atoms with van der Waals surface area (Å²) < 4.78 is 5.07. The van der Waals surface area contributed by atoms with Crippen LogP contribution < -0.4 is 10.2 Å². The lowest BCUT2D eigenvalue weighted by Crippen LogP contribution is -2.49. The molecule has 2 aromatic rings. The first-order chi connectivity index (χ1) is 14.0. The molecule has 0 aromatic heterocycles. The Morgan fingerprint density at radius 3 is 2.45 bits per heavy atom. The van der Waals surface area contributed by atoms with E-state index in [9.17, 15) is 9.59 Å². The molecular weight excluding hydrogens is 366 g/mol. The van der Waals surface area contributed by atoms with Crippen LogP contribution in [0.5, 0.6) is 0 Å². The number of para-hydroxylation sites is 1. The van der Waals surface area contributed by atoms with E-state index < -0.39 is 5.97 Å². The van der Waals surface area contributed by atoms with E-state index in [2.05, 4.69) is 47.2 Å². The van der Waals surface area contributed by atoms with Gasteiger partial charge in [-0.15, -0.1) is 0 Å². The van der Waals surface area contributed by atoms with Crippen molar-refractivity contribution >= 4 is 23.3 Å². The molecule has 1 aliphatic rings. The zero-order chi connectivity index (χ0) is 20.8. The van der Waals surface area contributed by atoms with Crippen molar-refractivity contribution in [3.8, 4) is 0 Å². The van der Waals surface area contributed by atoms with Gasteiger partial charge in [-0.05, 0) is 50.1 Å². The minimum absolute atomic E-state index is 0.123. The second kappa shape index (κ2) is 9.56. The van der Waals surface area contributed by atoms with Crippen LogP contribution in [0.3, 0.4) is 0 Å². The lowest BCUT2D eigenvalue weighted by atomic mass is 10.1. The lowest BCUT2D eigenvalue weighted by Gasteiger charge is -2.36. The van der Waals surface area contributed by atoms with Gasteiger partial charge in [-0.3, -0.25) is 9.69 Å². The molecule has 1 N–H and O–H groups in total. The van der Waals surface area contributed by atoms with Gasteiger partial charge >= 0.3 is 5.97 Å². The van der Waals surface area contributed by atoms with Crippen LogP contribution in [-0.4, -0.2) is 56.1 Å². The first-order valence-corrected chi connectivity index (χ1v) is 10.1. The summed E-state index contributed by atoms with van der Waals surface area (Å²) in [5.41, 5.74) is 4.75. The van der Waals surface area contributed by atoms with Gasteiger partial charge in [0.1, 0.15) is 0 Å². The molecule has 1 aliphatic heterocycles. The van der Waals surface area contributed by atoms with Crippen LogP contribution in [-0.2, 0) is 9.53 Å². The van der Waals surface area contributed by atoms with E-state index in [1.807, 2.05) is 0 Å². The van der Waals surface area contributed by atoms with Crippen LogP contribution in [0, 0.1) is 13.8 Å². The van der Waals surface area contributed by atoms with Crippen molar-refractivity contribution in [2.75, 3.05) is 49.5 Å². The predicted molar refractivity (Wildman–Crippen MR) is 116 cm³/mol. The maximum absolute atomic E-state index is 12.5. The van der Waals surface area contributed by atoms with Crippen LogP contribution >= 0.6 is 0 Å². The Hall–Kier alpha value is -2.86. The number of nitrogens with zero attached hydrogens (tertiary/aromatic N) is 2. The average Bonchev–Trinajstić information content (AvgIpc) is 2.71. The molecule has 1 saturated heterocycles. The predicted octanol–water partition coefficient (Wildman–Crippen LogP) is 3.24. The monoisotopic (exact) mass is 395 g/mol. The number of nitrogens with one attached hydrogen (secondary N) is 1. The van der Waals surface area contributed by atoms with E-state index in [0.717, 1.165) is 26.2 Å². The van der Waals surface area contributed by atoms with Gasteiger partial charge in [0.05, 0.1) is 24.4 Å². The molecule has 2 aromatic carbocycles. The number of aryl methyl sites for hydroxylation is 1. The van der Waals surface area contributed by atoms with E-state index in [0.29, 0.717) is 24.4 Å². The van der Waals surface area contributed by atoms with Gasteiger partial charge in [-0.2, -0.15) is 0 Å². The molecule has 0 saturated carbocycles. The molecule has 0 bridgehead atoms. The fourth-order valence-electron chi connectivity index (χ4n) is 3.60. The van der Waals surface area contributed by atoms with Gasteiger partial charge < -0.3 is 15.0 Å². The van der Waals surface area contributed by atoms with Gasteiger partial charge in [0.25, 0.3) is 0 Å². The molecule has 3 rings (SSSR count). The van der Waals surface area contributed by atoms with E-state index in [1.165, 1.54) is 16.8 Å². The molecule has 0 radical (unpaired) electrons. The Labute approximate surface area is 172 Å². The molecule has 0 spiro atoms. The third-order valence-electron chi connectivity index (χ3n) is 5.35. The Morgan fingerprint density at radius 2 is 1.72 bits per heavy atom. The maximum atomic E-state index is 12.5. The minimum Gasteiger partial charge on any atom is -0.462 e. The van der Waals surface area contributed by atoms with Gasteiger partial charge in [-0.25, -0.2) is 4.79 Å². The summed E-state index contributed by atoms with van der Waals surface area (Å²) in [5.74, 6) is -0.549. The van der Waals surface area contributed by atoms with Gasteiger partial charge in [-0.1, -0.05) is 24.3 Å². The van der Waals surface area contributed by atoms with Crippen LogP contribution in [0.25, 0.3) is 0 Å². The number of hydrogen-bond donors (Lipinski definition) is 1. The van der Waals surface area contributed by atoms with E-state index >= 15 is 0 Å². The Morgan fingerprint density at radius 1 is 1.00 bits per heavy atom. The van der Waals surface area contributed by atoms with Crippen LogP contribution in [0.15, 0.2) is 42.5 Å². The second-order valence-corrected chi connectivity index (χ2v) is 7.30. The summed E-state index contributed by atoms with van der Waals surface area (Å²) in [6.45, 7) is 10.1. The average molecular weight is 396 g/mol. The topological polar surface area (TPSA) is 61.9 Å². The zero-order valence-corrected chi connectivity index (χ0v) is 17.4. The molecular formula is C23H29N3O3. The zero-order valence-electron chi connectivity index (χ0n) is 17.4. The summed E-state index contributed by atoms with van der Waals surface area (Å²) in [6, 6.07) is 13.3. The Balaban J connectivity index is 1.56. The van der Waals surface area contributed by atoms with Crippen LogP contribution in [0.4, 0.5) is 11.4 Å². The van der Waals surface area contributed by atoms with Crippen LogP contribution in [0.2, 0.25) is 0 Å². The third kappa shape index (κ3) is 5.15. The highest BCUT2D eigenvalue weighted by Gasteiger charge is 2.21. The fourth-order valence-corrected chi connectivity index (χ4v) is 3.60. The normalized spacial score (nSPS) is 14.5. The molecule has 1 amide bonds. The van der Waals surface area contributed by atoms with Crippen molar-refractivity contribution in [2.24, 2.45) is 0 Å². The number of anilines is 2. The largest absolute Gasteiger partial charge is 0.462 e. The molecule has 6 nitrogen and oxygen atoms in total. The van der Waals surface area contributed by atoms with Crippen molar-refractivity contribution in [1.82, 2.24) is 4.90 Å². The maximum Gasteiger partial charge on any atom is 0.340 e. The molecule has 1 heterocycles. The van der Waals surface area contributed by atoms with Crippen molar-refractivity contribution in [1.29, 1.82) is 0 Å². The van der Waals surface area contributed by atoms with E-state index in [4.69, 9.17) is 4.74 Å². The number of carbonyl (C=O) groups excluding carboxylic acids is 2. The highest BCUT2D eigenvalue weighted by atomic mass is 16.5. The van der Waals surface area contributed by atoms with Crippen molar-refractivity contribution in [2.45, 2.75) is 20.8 Å². The molecule has 0 unspecified atom stereocenters. The second-order valence-electron chi connectivity index (χ2n) is 7.30. The van der Waals surface area contributed by atoms with Crippen molar-refractivity contribution in [3.05, 3.63) is 59.2 Å². The number of piperazine rings is 1. The van der Waals surface area contributed by atoms with Gasteiger partial charge in [0.15, 0.2) is 0 Å². The van der Waals surface area contributed by atoms with Crippen molar-refractivity contribution in [3.63, 3.8) is 0 Å². The molecule has 6 heteroatoms. The standard InChI is InChI=1S/C23H29N3O3/c1-4-29-23(28)19-9-5-6-10-20(19)24-22(27)16-25-12-14-26(15-13-25)21-11-7-8-17(2)18(21)3/h5-11H,4,12-16H2,1-3H3,(H,24,27). The number of amides is 1. The quantitative estimate of drug-likeness (QED) is 0.761. The minimum atomic E-state index is -0.425. The number of carbonyl (C=O) groups is 2. The Bertz CT molecular complexity index is 873. The summed E-state index contributed by atoms with van der Waals surface area (Å²) in [7, 11) is 0. The van der Waals surface area contributed by atoms with E-state index in [1.54, 1.807) is 31.2 Å². The summed E-state index contributed by atoms with van der Waals surface area (Å²) in [5, 5.41) is 2.86. The number of ether oxygens (including phenoxy) is 1. The SMILES string of the molecule is CCOC(=O)c1ccccc1NC(=O)CN1CCN(c2cccc(C)c2C)CC1. The smallest absolute Gasteiger partial charge is 0.340 e. The number of esters is 1. The molecule has 1 fully saturated rings. The Kier molecular flexibility index (Phi) is 6.88. The lowest BCUT2D eigenvalue weighted by molar-refractivity contribution is -0.117. The first kappa shape index (κ1) is 20.9. The number of rotatable bonds is 6. The van der Waals surface area contributed by atoms with Gasteiger partial charge in [0.2, 0.25) is 5.91 Å². The molecule has 0 aliphatic carbocycles. The summed E-state index contributed by atoms with van der Waals surface area (Å²) >= 11 is 0. The first-order valence-electron chi connectivity index (χ1n) is 10.1. The number of benzene rings is 2. The summed E-state index contributed by atoms with van der Waals surface area (Å²) in [4.78, 5) is 29.1. The number of hydrogen-bond acceptors (Lipinski definition) is 5. The van der Waals surface area contributed by atoms with Gasteiger partial charge in [0, 0.05) is 31.9 Å².